The van der Waals surface area contributed by atoms with E-state index in [2.05, 4.69) is 0 Å². The molecule has 0 aliphatic heterocycles. The van der Waals surface area contributed by atoms with Gasteiger partial charge in [0, 0.05) is 45.6 Å². The van der Waals surface area contributed by atoms with Crippen LogP contribution in [0.4, 0.5) is 5.69 Å². The fourth-order valence-corrected chi connectivity index (χ4v) is 0.891. The standard InChI is InChI=1S/C8H7NO4.Th/c9-6-3-4(7(10)11)1-2-5(6)8(12)13;/h1-3H,9H2,(H,10,11)(H,12,13);. The van der Waals surface area contributed by atoms with Gasteiger partial charge in [-0.15, -0.1) is 0 Å². The van der Waals surface area contributed by atoms with E-state index in [1.165, 1.54) is 12.1 Å². The summed E-state index contributed by atoms with van der Waals surface area (Å²) >= 11 is 0. The molecule has 1 aromatic rings. The van der Waals surface area contributed by atoms with Gasteiger partial charge in [-0.2, -0.15) is 0 Å². The van der Waals surface area contributed by atoms with Crippen molar-refractivity contribution < 1.29 is 59.7 Å². The number of carboxylic acids is 2. The van der Waals surface area contributed by atoms with Crippen LogP contribution in [-0.2, 0) is 0 Å². The number of hydrogen-bond donors (Lipinski definition) is 3. The van der Waals surface area contributed by atoms with Gasteiger partial charge in [0.1, 0.15) is 0 Å². The molecule has 0 bridgehead atoms. The maximum Gasteiger partial charge on any atom is 0.337 e. The SMILES string of the molecule is Nc1cc(C(=O)O)ccc1C(=O)O.[Th]. The molecule has 14 heavy (non-hydrogen) atoms. The zero-order chi connectivity index (χ0) is 10.0. The maximum absolute atomic E-state index is 10.5. The molecule has 4 N–H and O–H groups in total. The van der Waals surface area contributed by atoms with E-state index < -0.39 is 11.9 Å². The van der Waals surface area contributed by atoms with Crippen molar-refractivity contribution in [3.05, 3.63) is 29.3 Å². The summed E-state index contributed by atoms with van der Waals surface area (Å²) in [7, 11) is 0. The number of carboxylic acid groups (broad SMARTS) is 2. The average molecular weight is 413 g/mol. The van der Waals surface area contributed by atoms with Crippen molar-refractivity contribution >= 4 is 17.6 Å². The predicted molar refractivity (Wildman–Crippen MR) is 44.8 cm³/mol. The van der Waals surface area contributed by atoms with Crippen LogP contribution in [0.25, 0.3) is 0 Å². The first kappa shape index (κ1) is 13.3. The van der Waals surface area contributed by atoms with Gasteiger partial charge in [-0.05, 0) is 18.2 Å². The minimum Gasteiger partial charge on any atom is -0.478 e. The third-order valence-electron chi connectivity index (χ3n) is 1.53. The molecule has 0 amide bonds. The Morgan fingerprint density at radius 1 is 1.14 bits per heavy atom. The van der Waals surface area contributed by atoms with Gasteiger partial charge >= 0.3 is 11.9 Å². The quantitative estimate of drug-likeness (QED) is 0.619. The van der Waals surface area contributed by atoms with Gasteiger partial charge in [-0.1, -0.05) is 0 Å². The van der Waals surface area contributed by atoms with Crippen molar-refractivity contribution in [1.82, 2.24) is 0 Å². The van der Waals surface area contributed by atoms with Crippen molar-refractivity contribution in [2.45, 2.75) is 0 Å². The van der Waals surface area contributed by atoms with Gasteiger partial charge < -0.3 is 15.9 Å². The van der Waals surface area contributed by atoms with Gasteiger partial charge in [-0.3, -0.25) is 0 Å². The largest absolute Gasteiger partial charge is 0.478 e. The molecule has 0 aromatic heterocycles. The first-order chi connectivity index (χ1) is 6.02. The molecule has 0 atom stereocenters. The number of hydrogen-bond acceptors (Lipinski definition) is 3. The molecule has 1 aromatic carbocycles. The Morgan fingerprint density at radius 3 is 2.07 bits per heavy atom. The Morgan fingerprint density at radius 2 is 1.71 bits per heavy atom. The summed E-state index contributed by atoms with van der Waals surface area (Å²) in [4.78, 5) is 20.9. The Hall–Kier alpha value is -0.715. The van der Waals surface area contributed by atoms with E-state index in [1.54, 1.807) is 0 Å². The summed E-state index contributed by atoms with van der Waals surface area (Å²) in [6, 6.07) is 3.48. The minimum absolute atomic E-state index is 0. The number of benzene rings is 1. The first-order valence-corrected chi connectivity index (χ1v) is 3.38. The number of anilines is 1. The van der Waals surface area contributed by atoms with Crippen LogP contribution in [0.2, 0.25) is 0 Å². The smallest absolute Gasteiger partial charge is 0.337 e. The molecule has 6 heteroatoms. The third-order valence-corrected chi connectivity index (χ3v) is 1.53. The molecule has 0 saturated carbocycles. The van der Waals surface area contributed by atoms with Crippen LogP contribution >= 0.6 is 0 Å². The molecule has 0 aliphatic rings. The second kappa shape index (κ2) is 5.24. The molecule has 0 aliphatic carbocycles. The van der Waals surface area contributed by atoms with Gasteiger partial charge in [-0.25, -0.2) is 9.59 Å². The monoisotopic (exact) mass is 413 g/mol. The van der Waals surface area contributed by atoms with E-state index >= 15 is 0 Å². The number of carbonyl (C=O) groups is 2. The van der Waals surface area contributed by atoms with E-state index in [9.17, 15) is 9.59 Å². The Kier molecular flexibility index (Phi) is 4.97. The van der Waals surface area contributed by atoms with Crippen LogP contribution in [0.5, 0.6) is 0 Å². The minimum atomic E-state index is -1.17. The Balaban J connectivity index is 0.00000169. The molecule has 0 fully saturated rings. The first-order valence-electron chi connectivity index (χ1n) is 3.38. The van der Waals surface area contributed by atoms with Crippen molar-refractivity contribution in [2.75, 3.05) is 5.73 Å². The number of aromatic carboxylic acids is 2. The van der Waals surface area contributed by atoms with Crippen molar-refractivity contribution in [3.8, 4) is 0 Å². The van der Waals surface area contributed by atoms with Crippen LogP contribution < -0.4 is 5.73 Å². The summed E-state index contributed by atoms with van der Waals surface area (Å²) < 4.78 is 0. The summed E-state index contributed by atoms with van der Waals surface area (Å²) in [5.74, 6) is -2.31. The fourth-order valence-electron chi connectivity index (χ4n) is 0.891. The second-order valence-corrected chi connectivity index (χ2v) is 2.41. The van der Waals surface area contributed by atoms with Crippen LogP contribution in [0, 0.1) is 39.9 Å². The molecule has 1 rings (SSSR count). The summed E-state index contributed by atoms with van der Waals surface area (Å²) in [6.07, 6.45) is 0. The van der Waals surface area contributed by atoms with Crippen LogP contribution in [0.1, 0.15) is 20.7 Å². The maximum atomic E-state index is 10.5. The van der Waals surface area contributed by atoms with E-state index in [1.807, 2.05) is 0 Å². The molecule has 0 saturated heterocycles. The van der Waals surface area contributed by atoms with Crippen LogP contribution in [0.3, 0.4) is 0 Å². The van der Waals surface area contributed by atoms with E-state index in [4.69, 9.17) is 15.9 Å². The zero-order valence-corrected chi connectivity index (χ0v) is 11.1. The molecule has 0 unspecified atom stereocenters. The van der Waals surface area contributed by atoms with Crippen molar-refractivity contribution in [2.24, 2.45) is 0 Å². The Labute approximate surface area is 112 Å². The molecule has 5 nitrogen and oxygen atoms in total. The molecular formula is C8H7NO4Th. The average Bonchev–Trinajstić information content (AvgIpc) is 2.03. The summed E-state index contributed by atoms with van der Waals surface area (Å²) in [6.45, 7) is 0. The second-order valence-electron chi connectivity index (χ2n) is 2.41. The van der Waals surface area contributed by atoms with E-state index in [0.717, 1.165) is 6.07 Å². The fraction of sp³-hybridized carbons (Fsp3) is 0. The summed E-state index contributed by atoms with van der Waals surface area (Å²) in [5, 5.41) is 17.1. The summed E-state index contributed by atoms with van der Waals surface area (Å²) in [5.41, 5.74) is 5.15. The molecule has 0 spiro atoms. The topological polar surface area (TPSA) is 101 Å². The van der Waals surface area contributed by atoms with Crippen LogP contribution in [0.15, 0.2) is 18.2 Å². The molecule has 0 radical (unpaired) electrons. The Bertz CT molecular complexity index is 378. The van der Waals surface area contributed by atoms with E-state index in [-0.39, 0.29) is 56.8 Å². The molecule has 72 valence electrons. The van der Waals surface area contributed by atoms with Gasteiger partial charge in [0.05, 0.1) is 11.1 Å². The van der Waals surface area contributed by atoms with E-state index in [0.29, 0.717) is 0 Å². The van der Waals surface area contributed by atoms with Crippen molar-refractivity contribution in [1.29, 1.82) is 0 Å². The normalized spacial score (nSPS) is 8.86. The number of nitrogen functional groups attached to an aromatic ring is 1. The van der Waals surface area contributed by atoms with Gasteiger partial charge in [0.15, 0.2) is 0 Å². The van der Waals surface area contributed by atoms with Gasteiger partial charge in [0.2, 0.25) is 0 Å². The third kappa shape index (κ3) is 2.90. The molecule has 0 heterocycles. The van der Waals surface area contributed by atoms with Crippen molar-refractivity contribution in [3.63, 3.8) is 0 Å². The van der Waals surface area contributed by atoms with Crippen LogP contribution in [-0.4, -0.2) is 22.2 Å². The number of nitrogens with two attached hydrogens (primary N) is 1. The van der Waals surface area contributed by atoms with Gasteiger partial charge in [0.25, 0.3) is 0 Å². The number of rotatable bonds is 2. The predicted octanol–water partition coefficient (Wildman–Crippen LogP) is 0.665. The molecular weight excluding hydrogens is 406 g/mol. The zero-order valence-electron chi connectivity index (χ0n) is 7.02.